The summed E-state index contributed by atoms with van der Waals surface area (Å²) >= 11 is 0. The van der Waals surface area contributed by atoms with Crippen molar-refractivity contribution in [3.05, 3.63) is 52.6 Å². The van der Waals surface area contributed by atoms with Crippen LogP contribution in [-0.2, 0) is 9.53 Å². The molecule has 8 nitrogen and oxygen atoms in total. The molecule has 0 radical (unpaired) electrons. The summed E-state index contributed by atoms with van der Waals surface area (Å²) < 4.78 is 18.7. The van der Waals surface area contributed by atoms with Crippen molar-refractivity contribution in [3.63, 3.8) is 0 Å². The van der Waals surface area contributed by atoms with Crippen LogP contribution in [0.1, 0.15) is 48.0 Å². The average Bonchev–Trinajstić information content (AvgIpc) is 3.18. The van der Waals surface area contributed by atoms with Gasteiger partial charge >= 0.3 is 6.09 Å². The molecule has 0 aliphatic carbocycles. The van der Waals surface area contributed by atoms with Crippen LogP contribution in [0.4, 0.5) is 14.9 Å². The number of H-pyrrole nitrogens is 1. The number of carbonyl (C=O) groups excluding carboxylic acids is 3. The van der Waals surface area contributed by atoms with Crippen LogP contribution < -0.4 is 16.0 Å². The first-order valence-corrected chi connectivity index (χ1v) is 9.81. The lowest BCUT2D eigenvalue weighted by atomic mass is 10.0. The molecule has 3 rings (SSSR count). The third kappa shape index (κ3) is 5.30. The van der Waals surface area contributed by atoms with Gasteiger partial charge in [0.1, 0.15) is 11.4 Å². The van der Waals surface area contributed by atoms with Crippen LogP contribution in [0.2, 0.25) is 0 Å². The van der Waals surface area contributed by atoms with Gasteiger partial charge in [0.05, 0.1) is 11.1 Å². The predicted octanol–water partition coefficient (Wildman–Crippen LogP) is 3.21. The van der Waals surface area contributed by atoms with Gasteiger partial charge in [-0.3, -0.25) is 9.59 Å². The number of fused-ring (bicyclic) bond motifs is 1. The number of alkyl carbamates (subject to hydrolysis) is 1. The molecule has 2 aromatic rings. The van der Waals surface area contributed by atoms with Crippen molar-refractivity contribution in [2.45, 2.75) is 33.3 Å². The minimum atomic E-state index is -0.594. The van der Waals surface area contributed by atoms with Gasteiger partial charge in [0.2, 0.25) is 0 Å². The van der Waals surface area contributed by atoms with Crippen molar-refractivity contribution in [1.82, 2.24) is 15.6 Å². The first-order chi connectivity index (χ1) is 14.5. The number of hydrogen-bond acceptors (Lipinski definition) is 4. The molecule has 2 heterocycles. The summed E-state index contributed by atoms with van der Waals surface area (Å²) in [6.07, 6.45) is 2.58. The van der Waals surface area contributed by atoms with Crippen LogP contribution in [0.5, 0.6) is 0 Å². The van der Waals surface area contributed by atoms with Crippen LogP contribution >= 0.6 is 0 Å². The Labute approximate surface area is 179 Å². The van der Waals surface area contributed by atoms with E-state index in [4.69, 9.17) is 4.74 Å². The largest absolute Gasteiger partial charge is 0.444 e. The third-order valence-electron chi connectivity index (χ3n) is 4.56. The smallest absolute Gasteiger partial charge is 0.407 e. The van der Waals surface area contributed by atoms with Gasteiger partial charge in [-0.15, -0.1) is 0 Å². The monoisotopic (exact) mass is 428 g/mol. The normalized spacial score (nSPS) is 14.2. The summed E-state index contributed by atoms with van der Waals surface area (Å²) in [4.78, 5) is 39.3. The third-order valence-corrected chi connectivity index (χ3v) is 4.56. The number of anilines is 1. The van der Waals surface area contributed by atoms with E-state index >= 15 is 0 Å². The number of rotatable bonds is 5. The van der Waals surface area contributed by atoms with Crippen molar-refractivity contribution in [2.75, 3.05) is 18.4 Å². The zero-order valence-electron chi connectivity index (χ0n) is 17.8. The quantitative estimate of drug-likeness (QED) is 0.433. The van der Waals surface area contributed by atoms with E-state index in [1.807, 2.05) is 0 Å². The Bertz CT molecular complexity index is 1070. The second-order valence-corrected chi connectivity index (χ2v) is 8.13. The van der Waals surface area contributed by atoms with E-state index in [-0.39, 0.29) is 24.9 Å². The Kier molecular flexibility index (Phi) is 6.14. The minimum Gasteiger partial charge on any atom is -0.444 e. The fraction of sp³-hybridized carbons (Fsp3) is 0.318. The van der Waals surface area contributed by atoms with Gasteiger partial charge < -0.3 is 25.7 Å². The van der Waals surface area contributed by atoms with Crippen molar-refractivity contribution in [3.8, 4) is 0 Å². The summed E-state index contributed by atoms with van der Waals surface area (Å²) in [7, 11) is 0. The molecule has 1 aromatic carbocycles. The van der Waals surface area contributed by atoms with Crippen LogP contribution in [0, 0.1) is 12.7 Å². The average molecular weight is 428 g/mol. The summed E-state index contributed by atoms with van der Waals surface area (Å²) in [6, 6.07) is 4.08. The molecular weight excluding hydrogens is 403 g/mol. The number of aromatic nitrogens is 1. The highest BCUT2D eigenvalue weighted by molar-refractivity contribution is 6.34. The fourth-order valence-electron chi connectivity index (χ4n) is 3.10. The maximum atomic E-state index is 13.6. The predicted molar refractivity (Wildman–Crippen MR) is 115 cm³/mol. The van der Waals surface area contributed by atoms with E-state index in [9.17, 15) is 18.8 Å². The molecule has 4 N–H and O–H groups in total. The summed E-state index contributed by atoms with van der Waals surface area (Å²) in [5.41, 5.74) is 2.34. The molecule has 1 aliphatic heterocycles. The number of ether oxygens (including phenoxy) is 1. The second kappa shape index (κ2) is 8.63. The van der Waals surface area contributed by atoms with Gasteiger partial charge in [-0.1, -0.05) is 0 Å². The van der Waals surface area contributed by atoms with Crippen molar-refractivity contribution < 1.29 is 23.5 Å². The molecule has 0 unspecified atom stereocenters. The summed E-state index contributed by atoms with van der Waals surface area (Å²) in [6.45, 7) is 7.47. The lowest BCUT2D eigenvalue weighted by Gasteiger charge is -2.19. The number of aromatic amines is 1. The Morgan fingerprint density at radius 2 is 1.90 bits per heavy atom. The van der Waals surface area contributed by atoms with Gasteiger partial charge in [-0.25, -0.2) is 9.18 Å². The number of hydrogen-bond donors (Lipinski definition) is 4. The molecule has 0 fully saturated rings. The molecule has 31 heavy (non-hydrogen) atoms. The number of benzene rings is 1. The van der Waals surface area contributed by atoms with E-state index in [1.54, 1.807) is 33.8 Å². The molecule has 9 heteroatoms. The summed E-state index contributed by atoms with van der Waals surface area (Å²) in [5.74, 6) is -1.11. The lowest BCUT2D eigenvalue weighted by Crippen LogP contribution is -2.37. The Morgan fingerprint density at radius 3 is 2.61 bits per heavy atom. The second-order valence-electron chi connectivity index (χ2n) is 8.13. The zero-order valence-corrected chi connectivity index (χ0v) is 17.8. The Morgan fingerprint density at radius 1 is 1.19 bits per heavy atom. The Hall–Kier alpha value is -3.62. The van der Waals surface area contributed by atoms with E-state index in [2.05, 4.69) is 20.9 Å². The number of carbonyl (C=O) groups is 3. The molecule has 164 valence electrons. The molecule has 1 aromatic heterocycles. The standard InChI is InChI=1S/C22H25FN4O4/c1-12-16(19(28)24-7-8-25-21(30)31-22(2,3)4)11-26-18(12)10-15-14-9-13(23)5-6-17(14)27-20(15)29/h5-6,9-11,26H,7-8H2,1-4H3,(H,24,28)(H,25,30)(H,27,29)/b15-10-. The highest BCUT2D eigenvalue weighted by Gasteiger charge is 2.25. The highest BCUT2D eigenvalue weighted by Crippen LogP contribution is 2.34. The van der Waals surface area contributed by atoms with Gasteiger partial charge in [0, 0.05) is 36.2 Å². The van der Waals surface area contributed by atoms with Crippen LogP contribution in [0.3, 0.4) is 0 Å². The van der Waals surface area contributed by atoms with Crippen molar-refractivity contribution in [1.29, 1.82) is 0 Å². The van der Waals surface area contributed by atoms with Gasteiger partial charge in [-0.2, -0.15) is 0 Å². The zero-order chi connectivity index (χ0) is 22.8. The van der Waals surface area contributed by atoms with Gasteiger partial charge in [0.25, 0.3) is 11.8 Å². The van der Waals surface area contributed by atoms with Crippen molar-refractivity contribution >= 4 is 35.2 Å². The highest BCUT2D eigenvalue weighted by atomic mass is 19.1. The molecule has 1 aliphatic rings. The topological polar surface area (TPSA) is 112 Å². The SMILES string of the molecule is Cc1c(C(=O)NCCNC(=O)OC(C)(C)C)c[nH]c1/C=C1\C(=O)Nc2ccc(F)cc21. The fourth-order valence-corrected chi connectivity index (χ4v) is 3.10. The first kappa shape index (κ1) is 22.1. The van der Waals surface area contributed by atoms with E-state index in [1.165, 1.54) is 24.4 Å². The van der Waals surface area contributed by atoms with E-state index in [0.29, 0.717) is 33.6 Å². The van der Waals surface area contributed by atoms with E-state index in [0.717, 1.165) is 0 Å². The number of halogens is 1. The molecule has 0 bridgehead atoms. The molecule has 0 spiro atoms. The van der Waals surface area contributed by atoms with Gasteiger partial charge in [0.15, 0.2) is 0 Å². The molecule has 0 saturated heterocycles. The lowest BCUT2D eigenvalue weighted by molar-refractivity contribution is -0.110. The van der Waals surface area contributed by atoms with Gasteiger partial charge in [-0.05, 0) is 57.5 Å². The number of nitrogens with one attached hydrogen (secondary N) is 4. The van der Waals surface area contributed by atoms with E-state index < -0.39 is 17.5 Å². The maximum absolute atomic E-state index is 13.6. The summed E-state index contributed by atoms with van der Waals surface area (Å²) in [5, 5.41) is 7.97. The maximum Gasteiger partial charge on any atom is 0.407 e. The molecule has 0 atom stereocenters. The first-order valence-electron chi connectivity index (χ1n) is 9.81. The molecule has 3 amide bonds. The van der Waals surface area contributed by atoms with Crippen molar-refractivity contribution in [2.24, 2.45) is 0 Å². The van der Waals surface area contributed by atoms with Crippen LogP contribution in [0.25, 0.3) is 11.6 Å². The molecular formula is C22H25FN4O4. The van der Waals surface area contributed by atoms with Crippen LogP contribution in [-0.4, -0.2) is 41.6 Å². The molecule has 0 saturated carbocycles. The Balaban J connectivity index is 1.64. The van der Waals surface area contributed by atoms with Crippen LogP contribution in [0.15, 0.2) is 24.4 Å². The minimum absolute atomic E-state index is 0.212. The number of amides is 3.